The Bertz CT molecular complexity index is 279. The maximum absolute atomic E-state index is 11.5. The smallest absolute Gasteiger partial charge is 0.325 e. The molecule has 0 spiro atoms. The summed E-state index contributed by atoms with van der Waals surface area (Å²) < 4.78 is 4.72. The maximum Gasteiger partial charge on any atom is 0.325 e. The Labute approximate surface area is 117 Å². The van der Waals surface area contributed by atoms with Crippen LogP contribution in [-0.4, -0.2) is 42.6 Å². The van der Waals surface area contributed by atoms with Crippen molar-refractivity contribution >= 4 is 5.97 Å². The number of methoxy groups -OCH3 is 1. The second-order valence-electron chi connectivity index (χ2n) is 5.96. The molecule has 2 N–H and O–H groups in total. The van der Waals surface area contributed by atoms with E-state index in [0.717, 1.165) is 25.4 Å². The quantitative estimate of drug-likeness (QED) is 0.570. The summed E-state index contributed by atoms with van der Waals surface area (Å²) in [6.07, 6.45) is 8.08. The Morgan fingerprint density at radius 3 is 2.79 bits per heavy atom. The molecule has 4 nitrogen and oxygen atoms in total. The first-order chi connectivity index (χ1) is 9.01. The van der Waals surface area contributed by atoms with Crippen LogP contribution in [0.5, 0.6) is 0 Å². The lowest BCUT2D eigenvalue weighted by atomic mass is 9.95. The molecule has 112 valence electrons. The minimum Gasteiger partial charge on any atom is -0.468 e. The van der Waals surface area contributed by atoms with Gasteiger partial charge in [-0.2, -0.15) is 0 Å². The first-order valence-electron chi connectivity index (χ1n) is 7.62. The second kappa shape index (κ2) is 7.85. The van der Waals surface area contributed by atoms with Gasteiger partial charge in [0, 0.05) is 6.04 Å². The minimum atomic E-state index is -0.833. The van der Waals surface area contributed by atoms with Gasteiger partial charge in [-0.3, -0.25) is 4.79 Å². The van der Waals surface area contributed by atoms with Crippen LogP contribution in [0.1, 0.15) is 58.8 Å². The van der Waals surface area contributed by atoms with Gasteiger partial charge in [-0.05, 0) is 58.5 Å². The highest BCUT2D eigenvalue weighted by molar-refractivity contribution is 5.79. The number of ether oxygens (including phenoxy) is 1. The van der Waals surface area contributed by atoms with Crippen LogP contribution in [0, 0.1) is 0 Å². The van der Waals surface area contributed by atoms with E-state index >= 15 is 0 Å². The topological polar surface area (TPSA) is 55.6 Å². The Hall–Kier alpha value is -0.610. The molecule has 2 unspecified atom stereocenters. The molecule has 0 aromatic carbocycles. The average Bonchev–Trinajstić information content (AvgIpc) is 2.43. The predicted molar refractivity (Wildman–Crippen MR) is 78.0 cm³/mol. The van der Waals surface area contributed by atoms with Crippen LogP contribution in [0.3, 0.4) is 0 Å². The molecule has 0 aliphatic carbocycles. The lowest BCUT2D eigenvalue weighted by Gasteiger charge is -2.35. The fraction of sp³-hybridized carbons (Fsp3) is 0.933. The van der Waals surface area contributed by atoms with Gasteiger partial charge in [0.2, 0.25) is 0 Å². The number of rotatable bonds is 7. The maximum atomic E-state index is 11.5. The normalized spacial score (nSPS) is 23.9. The van der Waals surface area contributed by atoms with E-state index < -0.39 is 5.54 Å². The summed E-state index contributed by atoms with van der Waals surface area (Å²) in [4.78, 5) is 14.1. The SMILES string of the molecule is CCC1CCCCN1CCCCC(C)(N)C(=O)OC. The van der Waals surface area contributed by atoms with Crippen molar-refractivity contribution in [1.82, 2.24) is 4.90 Å². The van der Waals surface area contributed by atoms with Gasteiger partial charge in [0.05, 0.1) is 7.11 Å². The standard InChI is InChI=1S/C15H30N2O2/c1-4-13-9-5-7-11-17(13)12-8-6-10-15(2,16)14(18)19-3/h13H,4-12,16H2,1-3H3. The Balaban J connectivity index is 2.24. The number of hydrogen-bond acceptors (Lipinski definition) is 4. The van der Waals surface area contributed by atoms with Gasteiger partial charge in [-0.25, -0.2) is 0 Å². The summed E-state index contributed by atoms with van der Waals surface area (Å²) in [5.74, 6) is -0.308. The third-order valence-electron chi connectivity index (χ3n) is 4.26. The molecule has 1 aliphatic heterocycles. The van der Waals surface area contributed by atoms with E-state index in [2.05, 4.69) is 11.8 Å². The summed E-state index contributed by atoms with van der Waals surface area (Å²) in [6, 6.07) is 0.763. The Kier molecular flexibility index (Phi) is 6.80. The van der Waals surface area contributed by atoms with E-state index in [0.29, 0.717) is 6.42 Å². The molecule has 2 atom stereocenters. The molecule has 1 fully saturated rings. The Morgan fingerprint density at radius 1 is 1.42 bits per heavy atom. The summed E-state index contributed by atoms with van der Waals surface area (Å²) in [5, 5.41) is 0. The lowest BCUT2D eigenvalue weighted by Crippen LogP contribution is -2.45. The van der Waals surface area contributed by atoms with Crippen molar-refractivity contribution in [2.75, 3.05) is 20.2 Å². The third-order valence-corrected chi connectivity index (χ3v) is 4.26. The second-order valence-corrected chi connectivity index (χ2v) is 5.96. The molecule has 0 amide bonds. The van der Waals surface area contributed by atoms with Gasteiger partial charge in [-0.1, -0.05) is 13.3 Å². The number of nitrogens with two attached hydrogens (primary N) is 1. The minimum absolute atomic E-state index is 0.308. The van der Waals surface area contributed by atoms with Crippen molar-refractivity contribution in [3.05, 3.63) is 0 Å². The largest absolute Gasteiger partial charge is 0.468 e. The molecule has 0 aromatic rings. The highest BCUT2D eigenvalue weighted by Gasteiger charge is 2.28. The van der Waals surface area contributed by atoms with E-state index in [9.17, 15) is 4.79 Å². The molecule has 0 aromatic heterocycles. The number of likely N-dealkylation sites (tertiary alicyclic amines) is 1. The first kappa shape index (κ1) is 16.4. The van der Waals surface area contributed by atoms with Crippen molar-refractivity contribution in [3.63, 3.8) is 0 Å². The molecule has 19 heavy (non-hydrogen) atoms. The van der Waals surface area contributed by atoms with Crippen molar-refractivity contribution in [3.8, 4) is 0 Å². The van der Waals surface area contributed by atoms with E-state index in [1.807, 2.05) is 0 Å². The third kappa shape index (κ3) is 5.11. The van der Waals surface area contributed by atoms with Crippen LogP contribution in [0.25, 0.3) is 0 Å². The van der Waals surface area contributed by atoms with Crippen LogP contribution in [0.2, 0.25) is 0 Å². The number of esters is 1. The van der Waals surface area contributed by atoms with Gasteiger partial charge >= 0.3 is 5.97 Å². The van der Waals surface area contributed by atoms with Gasteiger partial charge in [0.25, 0.3) is 0 Å². The van der Waals surface area contributed by atoms with Crippen molar-refractivity contribution < 1.29 is 9.53 Å². The highest BCUT2D eigenvalue weighted by Crippen LogP contribution is 2.20. The van der Waals surface area contributed by atoms with Gasteiger partial charge in [0.1, 0.15) is 5.54 Å². The molecule has 1 aliphatic rings. The molecule has 1 saturated heterocycles. The first-order valence-corrected chi connectivity index (χ1v) is 7.62. The van der Waals surface area contributed by atoms with Crippen molar-refractivity contribution in [2.45, 2.75) is 70.4 Å². The van der Waals surface area contributed by atoms with Crippen LogP contribution >= 0.6 is 0 Å². The monoisotopic (exact) mass is 270 g/mol. The zero-order valence-corrected chi connectivity index (χ0v) is 12.8. The molecule has 0 bridgehead atoms. The van der Waals surface area contributed by atoms with Crippen molar-refractivity contribution in [2.24, 2.45) is 5.73 Å². The molecule has 0 saturated carbocycles. The zero-order valence-electron chi connectivity index (χ0n) is 12.8. The van der Waals surface area contributed by atoms with E-state index in [4.69, 9.17) is 10.5 Å². The van der Waals surface area contributed by atoms with E-state index in [-0.39, 0.29) is 5.97 Å². The van der Waals surface area contributed by atoms with Crippen LogP contribution in [0.15, 0.2) is 0 Å². The van der Waals surface area contributed by atoms with Gasteiger partial charge < -0.3 is 15.4 Å². The average molecular weight is 270 g/mol. The molecular weight excluding hydrogens is 240 g/mol. The number of carbonyl (C=O) groups excluding carboxylic acids is 1. The zero-order chi connectivity index (χ0) is 14.3. The number of nitrogens with zero attached hydrogens (tertiary/aromatic N) is 1. The Morgan fingerprint density at radius 2 is 2.16 bits per heavy atom. The summed E-state index contributed by atoms with van der Waals surface area (Å²) in [7, 11) is 1.40. The number of carbonyl (C=O) groups is 1. The van der Waals surface area contributed by atoms with Crippen molar-refractivity contribution in [1.29, 1.82) is 0 Å². The fourth-order valence-electron chi connectivity index (χ4n) is 2.96. The van der Waals surface area contributed by atoms with Gasteiger partial charge in [0.15, 0.2) is 0 Å². The predicted octanol–water partition coefficient (Wildman–Crippen LogP) is 2.31. The number of hydrogen-bond donors (Lipinski definition) is 1. The number of piperidine rings is 1. The highest BCUT2D eigenvalue weighted by atomic mass is 16.5. The van der Waals surface area contributed by atoms with E-state index in [1.165, 1.54) is 39.3 Å². The summed E-state index contributed by atoms with van der Waals surface area (Å²) in [5.41, 5.74) is 5.12. The molecular formula is C15H30N2O2. The molecule has 0 radical (unpaired) electrons. The van der Waals surface area contributed by atoms with E-state index in [1.54, 1.807) is 6.92 Å². The summed E-state index contributed by atoms with van der Waals surface area (Å²) >= 11 is 0. The summed E-state index contributed by atoms with van der Waals surface area (Å²) in [6.45, 7) is 6.40. The molecule has 1 heterocycles. The molecule has 1 rings (SSSR count). The lowest BCUT2D eigenvalue weighted by molar-refractivity contribution is -0.146. The van der Waals surface area contributed by atoms with Crippen LogP contribution in [-0.2, 0) is 9.53 Å². The van der Waals surface area contributed by atoms with Gasteiger partial charge in [-0.15, -0.1) is 0 Å². The van der Waals surface area contributed by atoms with Crippen LogP contribution < -0.4 is 5.73 Å². The fourth-order valence-corrected chi connectivity index (χ4v) is 2.96. The number of unbranched alkanes of at least 4 members (excludes halogenated alkanes) is 1. The van der Waals surface area contributed by atoms with Crippen LogP contribution in [0.4, 0.5) is 0 Å². The molecule has 4 heteroatoms.